The minimum Gasteiger partial charge on any atom is -0.496 e. The largest absolute Gasteiger partial charge is 0.496 e. The number of rotatable bonds is 4. The molecule has 4 nitrogen and oxygen atoms in total. The molecular weight excluding hydrogens is 319 g/mol. The molecule has 2 N–H and O–H groups in total. The van der Waals surface area contributed by atoms with Gasteiger partial charge in [0.05, 0.1) is 18.2 Å². The number of anilines is 1. The highest BCUT2D eigenvalue weighted by Crippen LogP contribution is 2.52. The van der Waals surface area contributed by atoms with Crippen molar-refractivity contribution in [1.82, 2.24) is 5.32 Å². The van der Waals surface area contributed by atoms with Crippen molar-refractivity contribution < 1.29 is 13.9 Å². The topological polar surface area (TPSA) is 50.4 Å². The van der Waals surface area contributed by atoms with Crippen LogP contribution in [0.25, 0.3) is 0 Å². The molecule has 1 heterocycles. The lowest BCUT2D eigenvalue weighted by atomic mass is 9.93. The minimum atomic E-state index is -0.615. The van der Waals surface area contributed by atoms with Crippen molar-refractivity contribution in [2.24, 2.45) is 0 Å². The number of carbonyl (C=O) groups is 1. The van der Waals surface area contributed by atoms with Crippen molar-refractivity contribution in [3.63, 3.8) is 0 Å². The molecule has 2 aliphatic rings. The lowest BCUT2D eigenvalue weighted by Crippen LogP contribution is -2.29. The Kier molecular flexibility index (Phi) is 3.96. The van der Waals surface area contributed by atoms with Gasteiger partial charge in [-0.2, -0.15) is 0 Å². The van der Waals surface area contributed by atoms with E-state index in [0.717, 1.165) is 30.5 Å². The van der Waals surface area contributed by atoms with Crippen molar-refractivity contribution in [2.45, 2.75) is 31.2 Å². The Morgan fingerprint density at radius 3 is 2.80 bits per heavy atom. The first-order chi connectivity index (χ1) is 12.2. The molecule has 1 fully saturated rings. The van der Waals surface area contributed by atoms with Crippen molar-refractivity contribution in [3.05, 3.63) is 58.9 Å². The van der Waals surface area contributed by atoms with Gasteiger partial charge < -0.3 is 15.4 Å². The SMILES string of the molecule is COc1ccccc1C1(C(=O)Nc2ccc3c(c2F)CCNC3)CC1. The summed E-state index contributed by atoms with van der Waals surface area (Å²) in [7, 11) is 1.60. The number of ether oxygens (including phenoxy) is 1. The Morgan fingerprint density at radius 1 is 1.24 bits per heavy atom. The number of carbonyl (C=O) groups excluding carboxylic acids is 1. The highest BCUT2D eigenvalue weighted by Gasteiger charge is 2.53. The van der Waals surface area contributed by atoms with E-state index < -0.39 is 5.41 Å². The van der Waals surface area contributed by atoms with Gasteiger partial charge in [0.1, 0.15) is 11.6 Å². The number of nitrogens with one attached hydrogen (secondary N) is 2. The second-order valence-electron chi connectivity index (χ2n) is 6.73. The van der Waals surface area contributed by atoms with Gasteiger partial charge in [-0.05, 0) is 49.1 Å². The maximum absolute atomic E-state index is 14.8. The van der Waals surface area contributed by atoms with Gasteiger partial charge in [0, 0.05) is 12.1 Å². The fourth-order valence-corrected chi connectivity index (χ4v) is 3.66. The molecule has 0 saturated heterocycles. The summed E-state index contributed by atoms with van der Waals surface area (Å²) in [5.74, 6) is 0.236. The number of hydrogen-bond acceptors (Lipinski definition) is 3. The Balaban J connectivity index is 1.62. The summed E-state index contributed by atoms with van der Waals surface area (Å²) in [6.07, 6.45) is 2.13. The zero-order valence-electron chi connectivity index (χ0n) is 14.2. The Morgan fingerprint density at radius 2 is 2.04 bits per heavy atom. The van der Waals surface area contributed by atoms with E-state index in [1.54, 1.807) is 13.2 Å². The molecule has 1 aliphatic carbocycles. The molecule has 25 heavy (non-hydrogen) atoms. The first kappa shape index (κ1) is 16.1. The number of benzene rings is 2. The molecule has 1 aliphatic heterocycles. The van der Waals surface area contributed by atoms with Crippen LogP contribution in [0.5, 0.6) is 5.75 Å². The molecule has 1 amide bonds. The number of halogens is 1. The van der Waals surface area contributed by atoms with Gasteiger partial charge in [-0.25, -0.2) is 4.39 Å². The highest BCUT2D eigenvalue weighted by molar-refractivity contribution is 6.02. The average Bonchev–Trinajstić information content (AvgIpc) is 3.46. The third-order valence-electron chi connectivity index (χ3n) is 5.26. The van der Waals surface area contributed by atoms with Crippen LogP contribution >= 0.6 is 0 Å². The van der Waals surface area contributed by atoms with Crippen LogP contribution in [-0.2, 0) is 23.2 Å². The summed E-state index contributed by atoms with van der Waals surface area (Å²) in [5.41, 5.74) is 2.20. The Hall–Kier alpha value is -2.40. The van der Waals surface area contributed by atoms with Crippen LogP contribution in [0.15, 0.2) is 36.4 Å². The highest BCUT2D eigenvalue weighted by atomic mass is 19.1. The van der Waals surface area contributed by atoms with Crippen molar-refractivity contribution in [3.8, 4) is 5.75 Å². The van der Waals surface area contributed by atoms with Crippen LogP contribution in [0.1, 0.15) is 29.5 Å². The van der Waals surface area contributed by atoms with E-state index in [4.69, 9.17) is 4.74 Å². The molecule has 1 saturated carbocycles. The summed E-state index contributed by atoms with van der Waals surface area (Å²) in [4.78, 5) is 12.9. The van der Waals surface area contributed by atoms with Gasteiger partial charge in [-0.3, -0.25) is 4.79 Å². The van der Waals surface area contributed by atoms with E-state index in [0.29, 0.717) is 24.3 Å². The molecule has 130 valence electrons. The van der Waals surface area contributed by atoms with E-state index in [2.05, 4.69) is 10.6 Å². The maximum Gasteiger partial charge on any atom is 0.235 e. The van der Waals surface area contributed by atoms with Gasteiger partial charge in [-0.15, -0.1) is 0 Å². The Bertz CT molecular complexity index is 830. The third kappa shape index (κ3) is 2.68. The predicted octanol–water partition coefficient (Wildman–Crippen LogP) is 3.15. The van der Waals surface area contributed by atoms with Crippen LogP contribution in [0.2, 0.25) is 0 Å². The maximum atomic E-state index is 14.8. The summed E-state index contributed by atoms with van der Waals surface area (Å²) in [6.45, 7) is 1.43. The quantitative estimate of drug-likeness (QED) is 0.899. The molecule has 0 radical (unpaired) electrons. The molecular formula is C20H21FN2O2. The fourth-order valence-electron chi connectivity index (χ4n) is 3.66. The second-order valence-corrected chi connectivity index (χ2v) is 6.73. The van der Waals surface area contributed by atoms with E-state index in [1.807, 2.05) is 30.3 Å². The van der Waals surface area contributed by atoms with Gasteiger partial charge >= 0.3 is 0 Å². The molecule has 0 aromatic heterocycles. The van der Waals surface area contributed by atoms with Crippen LogP contribution in [0.3, 0.4) is 0 Å². The lowest BCUT2D eigenvalue weighted by molar-refractivity contribution is -0.118. The molecule has 0 atom stereocenters. The molecule has 0 spiro atoms. The summed E-state index contributed by atoms with van der Waals surface area (Å²) >= 11 is 0. The van der Waals surface area contributed by atoms with E-state index >= 15 is 0 Å². The smallest absolute Gasteiger partial charge is 0.235 e. The average molecular weight is 340 g/mol. The molecule has 0 unspecified atom stereocenters. The molecule has 2 aromatic carbocycles. The van der Waals surface area contributed by atoms with Crippen molar-refractivity contribution in [1.29, 1.82) is 0 Å². The normalized spacial score (nSPS) is 17.5. The lowest BCUT2D eigenvalue weighted by Gasteiger charge is -2.21. The molecule has 2 aromatic rings. The molecule has 5 heteroatoms. The number of amides is 1. The third-order valence-corrected chi connectivity index (χ3v) is 5.26. The van der Waals surface area contributed by atoms with Gasteiger partial charge in [0.15, 0.2) is 0 Å². The number of para-hydroxylation sites is 1. The van der Waals surface area contributed by atoms with Crippen molar-refractivity contribution >= 4 is 11.6 Å². The monoisotopic (exact) mass is 340 g/mol. The van der Waals surface area contributed by atoms with E-state index in [9.17, 15) is 9.18 Å². The van der Waals surface area contributed by atoms with Crippen LogP contribution in [0, 0.1) is 5.82 Å². The number of hydrogen-bond donors (Lipinski definition) is 2. The zero-order valence-corrected chi connectivity index (χ0v) is 14.2. The van der Waals surface area contributed by atoms with Crippen molar-refractivity contribution in [2.75, 3.05) is 19.0 Å². The summed E-state index contributed by atoms with van der Waals surface area (Å²) < 4.78 is 20.2. The van der Waals surface area contributed by atoms with Gasteiger partial charge in [0.25, 0.3) is 0 Å². The van der Waals surface area contributed by atoms with Crippen LogP contribution in [0.4, 0.5) is 10.1 Å². The minimum absolute atomic E-state index is 0.162. The second kappa shape index (κ2) is 6.15. The summed E-state index contributed by atoms with van der Waals surface area (Å²) in [6, 6.07) is 11.1. The zero-order chi connectivity index (χ0) is 17.4. The number of fused-ring (bicyclic) bond motifs is 1. The molecule has 4 rings (SSSR count). The number of methoxy groups -OCH3 is 1. The van der Waals surface area contributed by atoms with E-state index in [-0.39, 0.29) is 17.4 Å². The van der Waals surface area contributed by atoms with Crippen LogP contribution < -0.4 is 15.4 Å². The first-order valence-electron chi connectivity index (χ1n) is 8.61. The standard InChI is InChI=1S/C20H21FN2O2/c1-25-17-5-3-2-4-15(17)20(9-10-20)19(24)23-16-7-6-13-12-22-11-8-14(13)18(16)21/h2-7,22H,8-12H2,1H3,(H,23,24). The van der Waals surface area contributed by atoms with Gasteiger partial charge in [0.2, 0.25) is 5.91 Å². The predicted molar refractivity (Wildman–Crippen MR) is 94.3 cm³/mol. The Labute approximate surface area is 146 Å². The fraction of sp³-hybridized carbons (Fsp3) is 0.350. The van der Waals surface area contributed by atoms with E-state index in [1.165, 1.54) is 0 Å². The molecule has 0 bridgehead atoms. The van der Waals surface area contributed by atoms with Crippen LogP contribution in [-0.4, -0.2) is 19.6 Å². The van der Waals surface area contributed by atoms with Gasteiger partial charge in [-0.1, -0.05) is 24.3 Å². The first-order valence-corrected chi connectivity index (χ1v) is 8.61. The summed E-state index contributed by atoms with van der Waals surface area (Å²) in [5, 5.41) is 6.05.